The lowest BCUT2D eigenvalue weighted by Gasteiger charge is -2.32. The van der Waals surface area contributed by atoms with Crippen LogP contribution >= 0.6 is 0 Å². The maximum Gasteiger partial charge on any atom is 0.246 e. The Morgan fingerprint density at radius 2 is 1.90 bits per heavy atom. The van der Waals surface area contributed by atoms with Gasteiger partial charge in [0, 0.05) is 6.54 Å². The molecule has 0 radical (unpaired) electrons. The highest BCUT2D eigenvalue weighted by Crippen LogP contribution is 2.27. The molecule has 1 amide bonds. The van der Waals surface area contributed by atoms with Crippen LogP contribution in [0.4, 0.5) is 0 Å². The van der Waals surface area contributed by atoms with Crippen LogP contribution in [-0.2, 0) is 16.0 Å². The molecule has 1 aromatic carbocycles. The zero-order valence-corrected chi connectivity index (χ0v) is 12.5. The molecular formula is C17H25NO3. The van der Waals surface area contributed by atoms with E-state index in [0.717, 1.165) is 32.1 Å². The van der Waals surface area contributed by atoms with Gasteiger partial charge in [-0.2, -0.15) is 0 Å². The van der Waals surface area contributed by atoms with Gasteiger partial charge in [0.05, 0.1) is 12.2 Å². The van der Waals surface area contributed by atoms with Crippen LogP contribution in [0.2, 0.25) is 0 Å². The molecule has 0 bridgehead atoms. The summed E-state index contributed by atoms with van der Waals surface area (Å²) in [5.41, 5.74) is 0.493. The highest BCUT2D eigenvalue weighted by Gasteiger charge is 2.29. The van der Waals surface area contributed by atoms with Gasteiger partial charge < -0.3 is 15.2 Å². The van der Waals surface area contributed by atoms with Crippen LogP contribution in [0.1, 0.15) is 37.7 Å². The molecule has 0 heterocycles. The highest BCUT2D eigenvalue weighted by molar-refractivity contribution is 5.77. The van der Waals surface area contributed by atoms with Crippen molar-refractivity contribution in [1.29, 1.82) is 0 Å². The summed E-state index contributed by atoms with van der Waals surface area (Å²) in [5, 5.41) is 13.1. The Hall–Kier alpha value is -1.39. The standard InChI is InChI=1S/C17H25NO3/c19-16(18-14-17(20)10-5-2-6-11-17)13-21-12-9-15-7-3-1-4-8-15/h1,3-4,7-8,20H,2,5-6,9-14H2,(H,18,19). The number of benzene rings is 1. The van der Waals surface area contributed by atoms with Crippen molar-refractivity contribution in [2.45, 2.75) is 44.1 Å². The third-order valence-electron chi connectivity index (χ3n) is 4.01. The number of ether oxygens (including phenoxy) is 1. The summed E-state index contributed by atoms with van der Waals surface area (Å²) in [5.74, 6) is -0.151. The Bertz CT molecular complexity index is 427. The molecule has 1 aliphatic carbocycles. The molecule has 4 heteroatoms. The Labute approximate surface area is 126 Å². The quantitative estimate of drug-likeness (QED) is 0.756. The number of carbonyl (C=O) groups is 1. The average Bonchev–Trinajstić information content (AvgIpc) is 2.51. The minimum Gasteiger partial charge on any atom is -0.388 e. The lowest BCUT2D eigenvalue weighted by molar-refractivity contribution is -0.127. The highest BCUT2D eigenvalue weighted by atomic mass is 16.5. The van der Waals surface area contributed by atoms with Gasteiger partial charge in [-0.3, -0.25) is 4.79 Å². The fourth-order valence-corrected chi connectivity index (χ4v) is 2.70. The summed E-state index contributed by atoms with van der Waals surface area (Å²) in [7, 11) is 0. The van der Waals surface area contributed by atoms with Gasteiger partial charge in [0.25, 0.3) is 0 Å². The minimum atomic E-state index is -0.710. The maximum absolute atomic E-state index is 11.7. The molecule has 2 N–H and O–H groups in total. The molecule has 0 unspecified atom stereocenters. The van der Waals surface area contributed by atoms with Gasteiger partial charge in [-0.15, -0.1) is 0 Å². The molecule has 2 rings (SSSR count). The second-order valence-corrected chi connectivity index (χ2v) is 5.85. The molecule has 4 nitrogen and oxygen atoms in total. The molecule has 1 aromatic rings. The summed E-state index contributed by atoms with van der Waals surface area (Å²) in [6.07, 6.45) is 5.63. The Balaban J connectivity index is 1.57. The van der Waals surface area contributed by atoms with Crippen molar-refractivity contribution in [2.24, 2.45) is 0 Å². The van der Waals surface area contributed by atoms with Crippen LogP contribution in [0.5, 0.6) is 0 Å². The summed E-state index contributed by atoms with van der Waals surface area (Å²) in [6, 6.07) is 10.1. The van der Waals surface area contributed by atoms with E-state index < -0.39 is 5.60 Å². The van der Waals surface area contributed by atoms with Gasteiger partial charge in [0.2, 0.25) is 5.91 Å². The van der Waals surface area contributed by atoms with E-state index >= 15 is 0 Å². The number of amides is 1. The predicted octanol–water partition coefficient (Wildman–Crippen LogP) is 2.06. The van der Waals surface area contributed by atoms with Gasteiger partial charge in [0.1, 0.15) is 6.61 Å². The number of carbonyl (C=O) groups excluding carboxylic acids is 1. The molecule has 21 heavy (non-hydrogen) atoms. The predicted molar refractivity (Wildman–Crippen MR) is 82.0 cm³/mol. The normalized spacial score (nSPS) is 17.4. The van der Waals surface area contributed by atoms with Gasteiger partial charge in [-0.25, -0.2) is 0 Å². The molecule has 116 valence electrons. The van der Waals surface area contributed by atoms with Crippen molar-refractivity contribution in [3.63, 3.8) is 0 Å². The smallest absolute Gasteiger partial charge is 0.246 e. The van der Waals surface area contributed by atoms with Crippen molar-refractivity contribution < 1.29 is 14.6 Å². The average molecular weight is 291 g/mol. The fraction of sp³-hybridized carbons (Fsp3) is 0.588. The van der Waals surface area contributed by atoms with Crippen LogP contribution < -0.4 is 5.32 Å². The number of rotatable bonds is 7. The first kappa shape index (κ1) is 16.0. The lowest BCUT2D eigenvalue weighted by Crippen LogP contribution is -2.45. The SMILES string of the molecule is O=C(COCCc1ccccc1)NCC1(O)CCCCC1. The molecule has 0 atom stereocenters. The molecule has 0 spiro atoms. The van der Waals surface area contributed by atoms with E-state index in [2.05, 4.69) is 5.32 Å². The van der Waals surface area contributed by atoms with E-state index in [1.807, 2.05) is 30.3 Å². The number of hydrogen-bond acceptors (Lipinski definition) is 3. The first-order chi connectivity index (χ1) is 10.2. The minimum absolute atomic E-state index is 0.0584. The van der Waals surface area contributed by atoms with Crippen LogP contribution in [0.3, 0.4) is 0 Å². The topological polar surface area (TPSA) is 58.6 Å². The van der Waals surface area contributed by atoms with E-state index in [4.69, 9.17) is 4.74 Å². The van der Waals surface area contributed by atoms with Crippen LogP contribution in [-0.4, -0.2) is 36.4 Å². The second-order valence-electron chi connectivity index (χ2n) is 5.85. The van der Waals surface area contributed by atoms with Crippen molar-refractivity contribution in [2.75, 3.05) is 19.8 Å². The van der Waals surface area contributed by atoms with Crippen molar-refractivity contribution in [1.82, 2.24) is 5.32 Å². The monoisotopic (exact) mass is 291 g/mol. The Kier molecular flexibility index (Phi) is 6.21. The van der Waals surface area contributed by atoms with Gasteiger partial charge >= 0.3 is 0 Å². The maximum atomic E-state index is 11.7. The first-order valence-corrected chi connectivity index (χ1v) is 7.79. The van der Waals surface area contributed by atoms with Gasteiger partial charge in [0.15, 0.2) is 0 Å². The molecule has 1 saturated carbocycles. The number of hydrogen-bond donors (Lipinski definition) is 2. The largest absolute Gasteiger partial charge is 0.388 e. The molecule has 1 fully saturated rings. The molecular weight excluding hydrogens is 266 g/mol. The Morgan fingerprint density at radius 3 is 2.62 bits per heavy atom. The number of nitrogens with one attached hydrogen (secondary N) is 1. The van der Waals surface area contributed by atoms with E-state index in [-0.39, 0.29) is 12.5 Å². The summed E-state index contributed by atoms with van der Waals surface area (Å²) >= 11 is 0. The molecule has 0 saturated heterocycles. The van der Waals surface area contributed by atoms with E-state index in [1.165, 1.54) is 12.0 Å². The fourth-order valence-electron chi connectivity index (χ4n) is 2.70. The third kappa shape index (κ3) is 5.86. The molecule has 0 aromatic heterocycles. The summed E-state index contributed by atoms with van der Waals surface area (Å²) in [6.45, 7) is 0.929. The summed E-state index contributed by atoms with van der Waals surface area (Å²) in [4.78, 5) is 11.7. The first-order valence-electron chi connectivity index (χ1n) is 7.79. The van der Waals surface area contributed by atoms with Gasteiger partial charge in [-0.05, 0) is 24.8 Å². The second kappa shape index (κ2) is 8.15. The van der Waals surface area contributed by atoms with Crippen molar-refractivity contribution in [3.05, 3.63) is 35.9 Å². The summed E-state index contributed by atoms with van der Waals surface area (Å²) < 4.78 is 5.38. The van der Waals surface area contributed by atoms with Crippen molar-refractivity contribution in [3.8, 4) is 0 Å². The lowest BCUT2D eigenvalue weighted by atomic mass is 9.85. The molecule has 0 aliphatic heterocycles. The van der Waals surface area contributed by atoms with E-state index in [1.54, 1.807) is 0 Å². The number of aliphatic hydroxyl groups is 1. The van der Waals surface area contributed by atoms with Crippen LogP contribution in [0, 0.1) is 0 Å². The zero-order chi connectivity index (χ0) is 15.0. The van der Waals surface area contributed by atoms with Gasteiger partial charge in [-0.1, -0.05) is 49.6 Å². The third-order valence-corrected chi connectivity index (χ3v) is 4.01. The van der Waals surface area contributed by atoms with E-state index in [0.29, 0.717) is 13.2 Å². The van der Waals surface area contributed by atoms with Crippen molar-refractivity contribution >= 4 is 5.91 Å². The zero-order valence-electron chi connectivity index (χ0n) is 12.5. The van der Waals surface area contributed by atoms with E-state index in [9.17, 15) is 9.90 Å². The molecule has 1 aliphatic rings. The Morgan fingerprint density at radius 1 is 1.19 bits per heavy atom. The van der Waals surface area contributed by atoms with Crippen LogP contribution in [0.15, 0.2) is 30.3 Å². The van der Waals surface area contributed by atoms with Crippen LogP contribution in [0.25, 0.3) is 0 Å².